The van der Waals surface area contributed by atoms with E-state index in [1.807, 2.05) is 20.0 Å². The largest absolute Gasteiger partial charge is 0.374 e. The van der Waals surface area contributed by atoms with Gasteiger partial charge < -0.3 is 10.1 Å². The minimum atomic E-state index is -0.177. The molecule has 1 saturated carbocycles. The van der Waals surface area contributed by atoms with Gasteiger partial charge in [-0.3, -0.25) is 0 Å². The molecule has 1 aliphatic carbocycles. The summed E-state index contributed by atoms with van der Waals surface area (Å²) in [6.07, 6.45) is 2.67. The molecule has 94 valence electrons. The Labute approximate surface area is 102 Å². The molecule has 0 radical (unpaired) electrons. The molecule has 1 aliphatic rings. The molecule has 0 amide bonds. The summed E-state index contributed by atoms with van der Waals surface area (Å²) in [6.45, 7) is 3.60. The summed E-state index contributed by atoms with van der Waals surface area (Å²) in [4.78, 5) is 0. The lowest BCUT2D eigenvalue weighted by Crippen LogP contribution is -2.36. The molecule has 0 bridgehead atoms. The second-order valence-corrected chi connectivity index (χ2v) is 4.90. The second-order valence-electron chi connectivity index (χ2n) is 4.90. The third kappa shape index (κ3) is 3.27. The molecule has 0 spiro atoms. The Morgan fingerprint density at radius 1 is 1.41 bits per heavy atom. The van der Waals surface area contributed by atoms with Crippen molar-refractivity contribution in [1.82, 2.24) is 5.32 Å². The number of hydrogen-bond acceptors (Lipinski definition) is 2. The van der Waals surface area contributed by atoms with E-state index in [2.05, 4.69) is 5.32 Å². The van der Waals surface area contributed by atoms with Gasteiger partial charge in [0.2, 0.25) is 0 Å². The van der Waals surface area contributed by atoms with Crippen molar-refractivity contribution >= 4 is 0 Å². The van der Waals surface area contributed by atoms with Crippen LogP contribution in [0.3, 0.4) is 0 Å². The van der Waals surface area contributed by atoms with E-state index in [1.165, 1.54) is 6.07 Å². The highest BCUT2D eigenvalue weighted by molar-refractivity contribution is 5.25. The van der Waals surface area contributed by atoms with Gasteiger partial charge in [-0.1, -0.05) is 6.07 Å². The SMILES string of the molecule is CNCC1CC(OCc2ccc(F)cc2C)C1. The molecule has 0 heterocycles. The highest BCUT2D eigenvalue weighted by Gasteiger charge is 2.29. The predicted molar refractivity (Wildman–Crippen MR) is 66.4 cm³/mol. The number of rotatable bonds is 5. The van der Waals surface area contributed by atoms with E-state index in [4.69, 9.17) is 4.74 Å². The Bertz CT molecular complexity index is 374. The van der Waals surface area contributed by atoms with Crippen molar-refractivity contribution in [2.75, 3.05) is 13.6 Å². The van der Waals surface area contributed by atoms with Crippen LogP contribution in [0.15, 0.2) is 18.2 Å². The Hall–Kier alpha value is -0.930. The number of ether oxygens (including phenoxy) is 1. The first-order valence-corrected chi connectivity index (χ1v) is 6.20. The lowest BCUT2D eigenvalue weighted by Gasteiger charge is -2.35. The van der Waals surface area contributed by atoms with Crippen molar-refractivity contribution in [3.63, 3.8) is 0 Å². The summed E-state index contributed by atoms with van der Waals surface area (Å²) < 4.78 is 18.7. The van der Waals surface area contributed by atoms with Gasteiger partial charge in [0.05, 0.1) is 12.7 Å². The van der Waals surface area contributed by atoms with E-state index in [1.54, 1.807) is 6.07 Å². The molecule has 1 aromatic carbocycles. The molecular formula is C14H20FNO. The smallest absolute Gasteiger partial charge is 0.123 e. The van der Waals surface area contributed by atoms with Gasteiger partial charge in [-0.05, 0) is 62.5 Å². The van der Waals surface area contributed by atoms with Gasteiger partial charge in [0.15, 0.2) is 0 Å². The van der Waals surface area contributed by atoms with E-state index in [9.17, 15) is 4.39 Å². The normalized spacial score (nSPS) is 23.5. The Morgan fingerprint density at radius 2 is 2.18 bits per heavy atom. The predicted octanol–water partition coefficient (Wildman–Crippen LogP) is 2.65. The van der Waals surface area contributed by atoms with Crippen LogP contribution in [-0.2, 0) is 11.3 Å². The zero-order chi connectivity index (χ0) is 12.3. The maximum Gasteiger partial charge on any atom is 0.123 e. The van der Waals surface area contributed by atoms with E-state index >= 15 is 0 Å². The average Bonchev–Trinajstić information content (AvgIpc) is 2.23. The maximum atomic E-state index is 12.9. The zero-order valence-electron chi connectivity index (χ0n) is 10.5. The van der Waals surface area contributed by atoms with Gasteiger partial charge in [-0.15, -0.1) is 0 Å². The van der Waals surface area contributed by atoms with Gasteiger partial charge in [0.1, 0.15) is 5.82 Å². The third-order valence-electron chi connectivity index (χ3n) is 3.46. The molecule has 2 rings (SSSR count). The molecule has 1 N–H and O–H groups in total. The summed E-state index contributed by atoms with van der Waals surface area (Å²) in [5, 5.41) is 3.18. The van der Waals surface area contributed by atoms with Crippen molar-refractivity contribution < 1.29 is 9.13 Å². The van der Waals surface area contributed by atoms with Crippen molar-refractivity contribution in [1.29, 1.82) is 0 Å². The lowest BCUT2D eigenvalue weighted by molar-refractivity contribution is -0.0392. The van der Waals surface area contributed by atoms with E-state index < -0.39 is 0 Å². The third-order valence-corrected chi connectivity index (χ3v) is 3.46. The number of aryl methyl sites for hydroxylation is 1. The van der Waals surface area contributed by atoms with Crippen LogP contribution in [0.4, 0.5) is 4.39 Å². The highest BCUT2D eigenvalue weighted by Crippen LogP contribution is 2.30. The summed E-state index contributed by atoms with van der Waals surface area (Å²) in [5.41, 5.74) is 2.06. The van der Waals surface area contributed by atoms with Crippen LogP contribution in [0.25, 0.3) is 0 Å². The van der Waals surface area contributed by atoms with Gasteiger partial charge in [-0.2, -0.15) is 0 Å². The summed E-state index contributed by atoms with van der Waals surface area (Å²) in [7, 11) is 1.98. The van der Waals surface area contributed by atoms with E-state index in [0.717, 1.165) is 36.4 Å². The molecule has 2 nitrogen and oxygen atoms in total. The Kier molecular flexibility index (Phi) is 4.13. The number of benzene rings is 1. The first-order chi connectivity index (χ1) is 8.19. The fraction of sp³-hybridized carbons (Fsp3) is 0.571. The molecule has 0 saturated heterocycles. The fourth-order valence-electron chi connectivity index (χ4n) is 2.29. The molecular weight excluding hydrogens is 217 g/mol. The standard InChI is InChI=1S/C14H20FNO/c1-10-5-13(15)4-3-12(10)9-17-14-6-11(7-14)8-16-2/h3-5,11,14,16H,6-9H2,1-2H3. The number of halogens is 1. The van der Waals surface area contributed by atoms with Crippen molar-refractivity contribution in [3.05, 3.63) is 35.1 Å². The molecule has 3 heteroatoms. The van der Waals surface area contributed by atoms with Crippen LogP contribution in [0.2, 0.25) is 0 Å². The second kappa shape index (κ2) is 5.61. The number of hydrogen-bond donors (Lipinski definition) is 1. The summed E-state index contributed by atoms with van der Waals surface area (Å²) in [5.74, 6) is 0.586. The quantitative estimate of drug-likeness (QED) is 0.850. The van der Waals surface area contributed by atoms with Gasteiger partial charge in [-0.25, -0.2) is 4.39 Å². The highest BCUT2D eigenvalue weighted by atomic mass is 19.1. The van der Waals surface area contributed by atoms with Gasteiger partial charge in [0, 0.05) is 0 Å². The zero-order valence-corrected chi connectivity index (χ0v) is 10.5. The lowest BCUT2D eigenvalue weighted by atomic mass is 9.82. The van der Waals surface area contributed by atoms with E-state index in [0.29, 0.717) is 12.7 Å². The maximum absolute atomic E-state index is 12.9. The van der Waals surface area contributed by atoms with Crippen molar-refractivity contribution in [2.24, 2.45) is 5.92 Å². The Morgan fingerprint density at radius 3 is 2.82 bits per heavy atom. The molecule has 1 fully saturated rings. The number of nitrogens with one attached hydrogen (secondary N) is 1. The van der Waals surface area contributed by atoms with Crippen LogP contribution in [0, 0.1) is 18.7 Å². The molecule has 1 aromatic rings. The minimum Gasteiger partial charge on any atom is -0.374 e. The van der Waals surface area contributed by atoms with Crippen LogP contribution in [0.1, 0.15) is 24.0 Å². The van der Waals surface area contributed by atoms with Crippen LogP contribution in [0.5, 0.6) is 0 Å². The van der Waals surface area contributed by atoms with Crippen LogP contribution in [-0.4, -0.2) is 19.7 Å². The molecule has 0 aliphatic heterocycles. The summed E-state index contributed by atoms with van der Waals surface area (Å²) in [6, 6.07) is 4.87. The average molecular weight is 237 g/mol. The molecule has 0 atom stereocenters. The van der Waals surface area contributed by atoms with Crippen LogP contribution < -0.4 is 5.32 Å². The molecule has 0 aromatic heterocycles. The first-order valence-electron chi connectivity index (χ1n) is 6.20. The monoisotopic (exact) mass is 237 g/mol. The van der Waals surface area contributed by atoms with Gasteiger partial charge in [0.25, 0.3) is 0 Å². The fourth-order valence-corrected chi connectivity index (χ4v) is 2.29. The van der Waals surface area contributed by atoms with Crippen molar-refractivity contribution in [2.45, 2.75) is 32.5 Å². The molecule has 17 heavy (non-hydrogen) atoms. The van der Waals surface area contributed by atoms with Gasteiger partial charge >= 0.3 is 0 Å². The Balaban J connectivity index is 1.76. The molecule has 0 unspecified atom stereocenters. The summed E-state index contributed by atoms with van der Waals surface area (Å²) >= 11 is 0. The van der Waals surface area contributed by atoms with Crippen molar-refractivity contribution in [3.8, 4) is 0 Å². The first kappa shape index (κ1) is 12.5. The van der Waals surface area contributed by atoms with E-state index in [-0.39, 0.29) is 5.82 Å². The minimum absolute atomic E-state index is 0.177. The topological polar surface area (TPSA) is 21.3 Å². The van der Waals surface area contributed by atoms with Crippen LogP contribution >= 0.6 is 0 Å².